The first-order chi connectivity index (χ1) is 8.54. The molecule has 1 aromatic carbocycles. The minimum absolute atomic E-state index is 0.0526. The zero-order valence-electron chi connectivity index (χ0n) is 10.3. The molecule has 18 heavy (non-hydrogen) atoms. The van der Waals surface area contributed by atoms with Crippen LogP contribution in [0.4, 0.5) is 5.69 Å². The van der Waals surface area contributed by atoms with Gasteiger partial charge in [-0.25, -0.2) is 4.79 Å². The van der Waals surface area contributed by atoms with Gasteiger partial charge in [0.1, 0.15) is 0 Å². The summed E-state index contributed by atoms with van der Waals surface area (Å²) in [5.41, 5.74) is 0.903. The molecule has 0 saturated carbocycles. The summed E-state index contributed by atoms with van der Waals surface area (Å²) in [5.74, 6) is -0.920. The number of anilines is 1. The third-order valence-electron chi connectivity index (χ3n) is 2.99. The van der Waals surface area contributed by atoms with Crippen molar-refractivity contribution in [3.05, 3.63) is 23.8 Å². The van der Waals surface area contributed by atoms with Gasteiger partial charge in [-0.3, -0.25) is 4.79 Å². The molecular weight excluding hydrogens is 250 g/mol. The van der Waals surface area contributed by atoms with Gasteiger partial charge >= 0.3 is 5.97 Å². The number of fused-ring (bicyclic) bond motifs is 1. The molecule has 0 bridgehead atoms. The van der Waals surface area contributed by atoms with E-state index < -0.39 is 5.97 Å². The van der Waals surface area contributed by atoms with E-state index in [0.717, 1.165) is 17.7 Å². The first-order valence-corrected chi connectivity index (χ1v) is 6.74. The molecule has 0 aliphatic carbocycles. The largest absolute Gasteiger partial charge is 0.478 e. The molecule has 0 aromatic heterocycles. The molecule has 1 N–H and O–H groups in total. The van der Waals surface area contributed by atoms with E-state index in [-0.39, 0.29) is 16.7 Å². The lowest BCUT2D eigenvalue weighted by molar-refractivity contribution is -0.118. The predicted octanol–water partition coefficient (Wildman–Crippen LogP) is 2.62. The van der Waals surface area contributed by atoms with Crippen LogP contribution in [-0.2, 0) is 4.79 Å². The van der Waals surface area contributed by atoms with Crippen LogP contribution in [0, 0.1) is 0 Å². The van der Waals surface area contributed by atoms with E-state index in [0.29, 0.717) is 5.69 Å². The fraction of sp³-hybridized carbons (Fsp3) is 0.385. The lowest BCUT2D eigenvalue weighted by atomic mass is 10.1. The summed E-state index contributed by atoms with van der Waals surface area (Å²) in [4.78, 5) is 25.6. The Morgan fingerprint density at radius 3 is 2.83 bits per heavy atom. The number of aromatic carboxylic acids is 1. The molecule has 1 atom stereocenters. The highest BCUT2D eigenvalue weighted by atomic mass is 32.2. The minimum atomic E-state index is -0.973. The number of nitrogens with zero attached hydrogens (tertiary/aromatic N) is 1. The summed E-state index contributed by atoms with van der Waals surface area (Å²) in [7, 11) is 1.70. The van der Waals surface area contributed by atoms with Crippen LogP contribution in [-0.4, -0.2) is 29.3 Å². The van der Waals surface area contributed by atoms with Gasteiger partial charge in [0.05, 0.1) is 16.5 Å². The van der Waals surface area contributed by atoms with Crippen LogP contribution in [0.2, 0.25) is 0 Å². The second-order valence-electron chi connectivity index (χ2n) is 4.28. The van der Waals surface area contributed by atoms with Gasteiger partial charge in [-0.1, -0.05) is 13.3 Å². The summed E-state index contributed by atoms with van der Waals surface area (Å²) in [5, 5.41) is 8.91. The molecule has 1 amide bonds. The summed E-state index contributed by atoms with van der Waals surface area (Å²) < 4.78 is 0. The normalized spacial score (nSPS) is 18.7. The van der Waals surface area contributed by atoms with Crippen molar-refractivity contribution in [3.8, 4) is 0 Å². The Balaban J connectivity index is 2.39. The van der Waals surface area contributed by atoms with Gasteiger partial charge in [0.15, 0.2) is 0 Å². The number of rotatable bonds is 3. The van der Waals surface area contributed by atoms with Crippen molar-refractivity contribution in [2.45, 2.75) is 29.9 Å². The average Bonchev–Trinajstić information content (AvgIpc) is 2.35. The SMILES string of the molecule is CCCC1Sc2ccc(C(=O)O)cc2N(C)C1=O. The zero-order chi connectivity index (χ0) is 13.3. The summed E-state index contributed by atoms with van der Waals surface area (Å²) >= 11 is 1.53. The highest BCUT2D eigenvalue weighted by Crippen LogP contribution is 2.40. The molecule has 1 aliphatic rings. The average molecular weight is 265 g/mol. The summed E-state index contributed by atoms with van der Waals surface area (Å²) in [6, 6.07) is 4.93. The second kappa shape index (κ2) is 5.02. The molecule has 5 heteroatoms. The number of hydrogen-bond donors (Lipinski definition) is 1. The predicted molar refractivity (Wildman–Crippen MR) is 71.4 cm³/mol. The molecule has 1 aromatic rings. The number of carbonyl (C=O) groups excluding carboxylic acids is 1. The number of carboxylic acids is 1. The lowest BCUT2D eigenvalue weighted by Crippen LogP contribution is -2.38. The second-order valence-corrected chi connectivity index (χ2v) is 5.52. The number of hydrogen-bond acceptors (Lipinski definition) is 3. The minimum Gasteiger partial charge on any atom is -0.478 e. The number of carboxylic acid groups (broad SMARTS) is 1. The molecule has 0 fully saturated rings. The molecule has 1 heterocycles. The van der Waals surface area contributed by atoms with E-state index >= 15 is 0 Å². The number of carbonyl (C=O) groups is 2. The van der Waals surface area contributed by atoms with Crippen molar-refractivity contribution in [3.63, 3.8) is 0 Å². The molecule has 2 rings (SSSR count). The Morgan fingerprint density at radius 2 is 2.22 bits per heavy atom. The van der Waals surface area contributed by atoms with E-state index in [1.807, 2.05) is 0 Å². The van der Waals surface area contributed by atoms with Crippen LogP contribution in [0.25, 0.3) is 0 Å². The van der Waals surface area contributed by atoms with Gasteiger partial charge in [-0.2, -0.15) is 0 Å². The first-order valence-electron chi connectivity index (χ1n) is 5.86. The van der Waals surface area contributed by atoms with E-state index in [1.54, 1.807) is 30.1 Å². The Kier molecular flexibility index (Phi) is 3.61. The molecule has 4 nitrogen and oxygen atoms in total. The third kappa shape index (κ3) is 2.22. The van der Waals surface area contributed by atoms with E-state index in [4.69, 9.17) is 5.11 Å². The van der Waals surface area contributed by atoms with Gasteiger partial charge in [0.2, 0.25) is 5.91 Å². The fourth-order valence-corrected chi connectivity index (χ4v) is 3.38. The molecule has 1 unspecified atom stereocenters. The van der Waals surface area contributed by atoms with Gasteiger partial charge in [0, 0.05) is 11.9 Å². The molecule has 1 aliphatic heterocycles. The van der Waals surface area contributed by atoms with Gasteiger partial charge in [-0.05, 0) is 24.6 Å². The van der Waals surface area contributed by atoms with E-state index in [2.05, 4.69) is 6.92 Å². The Labute approximate surface area is 110 Å². The van der Waals surface area contributed by atoms with Crippen molar-refractivity contribution in [1.82, 2.24) is 0 Å². The van der Waals surface area contributed by atoms with E-state index in [9.17, 15) is 9.59 Å². The van der Waals surface area contributed by atoms with E-state index in [1.165, 1.54) is 11.8 Å². The molecule has 0 spiro atoms. The van der Waals surface area contributed by atoms with Crippen LogP contribution in [0.1, 0.15) is 30.1 Å². The molecule has 0 radical (unpaired) electrons. The monoisotopic (exact) mass is 265 g/mol. The van der Waals surface area contributed by atoms with Crippen molar-refractivity contribution in [1.29, 1.82) is 0 Å². The quantitative estimate of drug-likeness (QED) is 0.912. The van der Waals surface area contributed by atoms with Crippen molar-refractivity contribution in [2.75, 3.05) is 11.9 Å². The number of amides is 1. The zero-order valence-corrected chi connectivity index (χ0v) is 11.2. The van der Waals surface area contributed by atoms with Crippen molar-refractivity contribution >= 4 is 29.3 Å². The van der Waals surface area contributed by atoms with Gasteiger partial charge < -0.3 is 10.0 Å². The first kappa shape index (κ1) is 13.0. The van der Waals surface area contributed by atoms with Gasteiger partial charge in [0.25, 0.3) is 0 Å². The maximum absolute atomic E-state index is 12.1. The van der Waals surface area contributed by atoms with Crippen LogP contribution >= 0.6 is 11.8 Å². The van der Waals surface area contributed by atoms with Crippen LogP contribution in [0.3, 0.4) is 0 Å². The number of thioether (sulfide) groups is 1. The fourth-order valence-electron chi connectivity index (χ4n) is 2.00. The topological polar surface area (TPSA) is 57.6 Å². The van der Waals surface area contributed by atoms with Gasteiger partial charge in [-0.15, -0.1) is 11.8 Å². The van der Waals surface area contributed by atoms with Crippen molar-refractivity contribution in [2.24, 2.45) is 0 Å². The Hall–Kier alpha value is -1.49. The highest BCUT2D eigenvalue weighted by molar-refractivity contribution is 8.01. The Bertz CT molecular complexity index is 501. The highest BCUT2D eigenvalue weighted by Gasteiger charge is 2.31. The summed E-state index contributed by atoms with van der Waals surface area (Å²) in [6.45, 7) is 2.05. The maximum atomic E-state index is 12.1. The molecule has 0 saturated heterocycles. The molecular formula is C13H15NO3S. The smallest absolute Gasteiger partial charge is 0.335 e. The van der Waals surface area contributed by atoms with Crippen molar-refractivity contribution < 1.29 is 14.7 Å². The maximum Gasteiger partial charge on any atom is 0.335 e. The molecule has 96 valence electrons. The Morgan fingerprint density at radius 1 is 1.50 bits per heavy atom. The third-order valence-corrected chi connectivity index (χ3v) is 4.31. The standard InChI is InChI=1S/C13H15NO3S/c1-3-4-11-12(15)14(2)9-7-8(13(16)17)5-6-10(9)18-11/h5-7,11H,3-4H2,1-2H3,(H,16,17). The lowest BCUT2D eigenvalue weighted by Gasteiger charge is -2.31. The van der Waals surface area contributed by atoms with Crippen LogP contribution in [0.5, 0.6) is 0 Å². The summed E-state index contributed by atoms with van der Waals surface area (Å²) in [6.07, 6.45) is 1.80. The number of benzene rings is 1. The van der Waals surface area contributed by atoms with Crippen LogP contribution < -0.4 is 4.90 Å². The van der Waals surface area contributed by atoms with Crippen LogP contribution in [0.15, 0.2) is 23.1 Å².